The van der Waals surface area contributed by atoms with E-state index in [1.165, 1.54) is 9.47 Å². The summed E-state index contributed by atoms with van der Waals surface area (Å²) in [5.41, 5.74) is 3.07. The average Bonchev–Trinajstić information content (AvgIpc) is 2.74. The van der Waals surface area contributed by atoms with Gasteiger partial charge in [-0.25, -0.2) is 9.59 Å². The maximum absolute atomic E-state index is 11.5. The first-order valence-electron chi connectivity index (χ1n) is 6.33. The van der Waals surface area contributed by atoms with Crippen LogP contribution >= 0.6 is 0 Å². The Bertz CT molecular complexity index is 769. The summed E-state index contributed by atoms with van der Waals surface area (Å²) in [6.45, 7) is 0.874. The molecule has 1 aliphatic rings. The number of oxazole rings is 1. The maximum atomic E-state index is 11.5. The second-order valence-electron chi connectivity index (χ2n) is 4.83. The van der Waals surface area contributed by atoms with Gasteiger partial charge >= 0.3 is 11.8 Å². The van der Waals surface area contributed by atoms with E-state index in [-0.39, 0.29) is 0 Å². The van der Waals surface area contributed by atoms with E-state index in [4.69, 9.17) is 9.52 Å². The standard InChI is InChI=1S/C14H14N2O4/c1-15-11-5-4-9(7-12(11)20-14(15)19)10-3-2-6-16(8-10)13(17)18/h3-5,7H,2,6,8H2,1H3,(H,17,18). The molecule has 1 aromatic heterocycles. The summed E-state index contributed by atoms with van der Waals surface area (Å²) in [5, 5.41) is 9.05. The monoisotopic (exact) mass is 274 g/mol. The van der Waals surface area contributed by atoms with Crippen molar-refractivity contribution in [2.24, 2.45) is 7.05 Å². The molecule has 0 saturated heterocycles. The number of aromatic nitrogens is 1. The van der Waals surface area contributed by atoms with Gasteiger partial charge in [0, 0.05) is 20.1 Å². The van der Waals surface area contributed by atoms with Crippen molar-refractivity contribution >= 4 is 22.8 Å². The molecule has 1 aliphatic heterocycles. The van der Waals surface area contributed by atoms with Crippen LogP contribution in [0.4, 0.5) is 4.79 Å². The molecule has 1 aromatic carbocycles. The number of aryl methyl sites for hydroxylation is 1. The predicted octanol–water partition coefficient (Wildman–Crippen LogP) is 1.90. The lowest BCUT2D eigenvalue weighted by molar-refractivity contribution is 0.150. The van der Waals surface area contributed by atoms with Gasteiger partial charge in [-0.2, -0.15) is 0 Å². The van der Waals surface area contributed by atoms with E-state index in [0.29, 0.717) is 25.1 Å². The first-order chi connectivity index (χ1) is 9.56. The van der Waals surface area contributed by atoms with Gasteiger partial charge in [0.15, 0.2) is 5.58 Å². The molecule has 0 saturated carbocycles. The van der Waals surface area contributed by atoms with Gasteiger partial charge in [-0.3, -0.25) is 4.57 Å². The molecule has 0 spiro atoms. The maximum Gasteiger partial charge on any atom is 0.419 e. The highest BCUT2D eigenvalue weighted by molar-refractivity contribution is 5.81. The van der Waals surface area contributed by atoms with Crippen molar-refractivity contribution in [3.05, 3.63) is 40.4 Å². The lowest BCUT2D eigenvalue weighted by Gasteiger charge is -2.24. The summed E-state index contributed by atoms with van der Waals surface area (Å²) in [6, 6.07) is 5.48. The van der Waals surface area contributed by atoms with E-state index in [1.807, 2.05) is 18.2 Å². The third-order valence-electron chi connectivity index (χ3n) is 3.58. The molecule has 0 bridgehead atoms. The molecule has 1 amide bonds. The Morgan fingerprint density at radius 2 is 2.20 bits per heavy atom. The topological polar surface area (TPSA) is 75.7 Å². The smallest absolute Gasteiger partial charge is 0.419 e. The molecule has 6 nitrogen and oxygen atoms in total. The largest absolute Gasteiger partial charge is 0.465 e. The Labute approximate surface area is 114 Å². The summed E-state index contributed by atoms with van der Waals surface area (Å²) in [4.78, 5) is 23.9. The number of amides is 1. The van der Waals surface area contributed by atoms with Crippen LogP contribution in [0.3, 0.4) is 0 Å². The Hall–Kier alpha value is -2.50. The highest BCUT2D eigenvalue weighted by Crippen LogP contribution is 2.24. The first kappa shape index (κ1) is 12.5. The third kappa shape index (κ3) is 1.99. The molecule has 0 aliphatic carbocycles. The van der Waals surface area contributed by atoms with E-state index < -0.39 is 11.8 Å². The molecule has 0 radical (unpaired) electrons. The number of benzene rings is 1. The van der Waals surface area contributed by atoms with Gasteiger partial charge in [0.05, 0.1) is 5.52 Å². The van der Waals surface area contributed by atoms with Gasteiger partial charge in [0.2, 0.25) is 0 Å². The fourth-order valence-electron chi connectivity index (χ4n) is 2.45. The molecular formula is C14H14N2O4. The molecule has 0 unspecified atom stereocenters. The van der Waals surface area contributed by atoms with Crippen molar-refractivity contribution < 1.29 is 14.3 Å². The Kier molecular flexibility index (Phi) is 2.85. The molecule has 2 aromatic rings. The van der Waals surface area contributed by atoms with Crippen LogP contribution in [-0.2, 0) is 7.05 Å². The molecule has 104 valence electrons. The van der Waals surface area contributed by atoms with Crippen LogP contribution in [0.25, 0.3) is 16.7 Å². The molecule has 3 rings (SSSR count). The number of carbonyl (C=O) groups is 1. The summed E-state index contributed by atoms with van der Waals surface area (Å²) in [5.74, 6) is -0.401. The number of rotatable bonds is 1. The molecule has 6 heteroatoms. The van der Waals surface area contributed by atoms with Crippen LogP contribution in [0, 0.1) is 0 Å². The minimum absolute atomic E-state index is 0.359. The molecule has 0 fully saturated rings. The van der Waals surface area contributed by atoms with Crippen molar-refractivity contribution in [1.82, 2.24) is 9.47 Å². The second-order valence-corrected chi connectivity index (χ2v) is 4.83. The van der Waals surface area contributed by atoms with Crippen molar-refractivity contribution in [3.63, 3.8) is 0 Å². The predicted molar refractivity (Wildman–Crippen MR) is 73.6 cm³/mol. The molecule has 1 N–H and O–H groups in total. The Balaban J connectivity index is 2.00. The minimum atomic E-state index is -0.914. The van der Waals surface area contributed by atoms with Crippen molar-refractivity contribution in [1.29, 1.82) is 0 Å². The van der Waals surface area contributed by atoms with E-state index in [1.54, 1.807) is 13.1 Å². The van der Waals surface area contributed by atoms with Crippen LogP contribution in [0.5, 0.6) is 0 Å². The SMILES string of the molecule is Cn1c(=O)oc2cc(C3=CCCN(C(=O)O)C3)ccc21. The highest BCUT2D eigenvalue weighted by atomic mass is 16.4. The first-order valence-corrected chi connectivity index (χ1v) is 6.33. The van der Waals surface area contributed by atoms with Crippen LogP contribution in [0.2, 0.25) is 0 Å². The lowest BCUT2D eigenvalue weighted by atomic mass is 10.0. The van der Waals surface area contributed by atoms with Gasteiger partial charge in [-0.05, 0) is 29.7 Å². The highest BCUT2D eigenvalue weighted by Gasteiger charge is 2.18. The quantitative estimate of drug-likeness (QED) is 0.861. The number of hydrogen-bond acceptors (Lipinski definition) is 3. The number of carboxylic acid groups (broad SMARTS) is 1. The number of fused-ring (bicyclic) bond motifs is 1. The van der Waals surface area contributed by atoms with Crippen molar-refractivity contribution in [2.75, 3.05) is 13.1 Å². The molecular weight excluding hydrogens is 260 g/mol. The zero-order chi connectivity index (χ0) is 14.3. The fraction of sp³-hybridized carbons (Fsp3) is 0.286. The summed E-state index contributed by atoms with van der Waals surface area (Å²) in [7, 11) is 1.65. The van der Waals surface area contributed by atoms with Gasteiger partial charge in [-0.1, -0.05) is 12.1 Å². The van der Waals surface area contributed by atoms with Gasteiger partial charge in [-0.15, -0.1) is 0 Å². The Morgan fingerprint density at radius 1 is 1.40 bits per heavy atom. The Morgan fingerprint density at radius 3 is 2.95 bits per heavy atom. The van der Waals surface area contributed by atoms with Crippen LogP contribution < -0.4 is 5.76 Å². The van der Waals surface area contributed by atoms with Gasteiger partial charge in [0.1, 0.15) is 0 Å². The average molecular weight is 274 g/mol. The third-order valence-corrected chi connectivity index (χ3v) is 3.58. The number of nitrogens with zero attached hydrogens (tertiary/aromatic N) is 2. The second kappa shape index (κ2) is 4.56. The zero-order valence-corrected chi connectivity index (χ0v) is 11.0. The van der Waals surface area contributed by atoms with E-state index in [0.717, 1.165) is 16.7 Å². The van der Waals surface area contributed by atoms with E-state index in [9.17, 15) is 9.59 Å². The fourth-order valence-corrected chi connectivity index (χ4v) is 2.45. The van der Waals surface area contributed by atoms with Crippen LogP contribution in [0.1, 0.15) is 12.0 Å². The van der Waals surface area contributed by atoms with E-state index in [2.05, 4.69) is 0 Å². The molecule has 2 heterocycles. The van der Waals surface area contributed by atoms with Crippen molar-refractivity contribution in [2.45, 2.75) is 6.42 Å². The normalized spacial score (nSPS) is 15.4. The molecule has 20 heavy (non-hydrogen) atoms. The summed E-state index contributed by atoms with van der Waals surface area (Å²) in [6.07, 6.45) is 1.81. The van der Waals surface area contributed by atoms with Crippen molar-refractivity contribution in [3.8, 4) is 0 Å². The van der Waals surface area contributed by atoms with Crippen LogP contribution in [0.15, 0.2) is 33.5 Å². The summed E-state index contributed by atoms with van der Waals surface area (Å²) < 4.78 is 6.60. The number of hydrogen-bond donors (Lipinski definition) is 1. The minimum Gasteiger partial charge on any atom is -0.465 e. The zero-order valence-electron chi connectivity index (χ0n) is 11.0. The lowest BCUT2D eigenvalue weighted by Crippen LogP contribution is -2.34. The van der Waals surface area contributed by atoms with Gasteiger partial charge < -0.3 is 14.4 Å². The van der Waals surface area contributed by atoms with Gasteiger partial charge in [0.25, 0.3) is 0 Å². The summed E-state index contributed by atoms with van der Waals surface area (Å²) >= 11 is 0. The molecule has 0 atom stereocenters. The van der Waals surface area contributed by atoms with E-state index >= 15 is 0 Å². The van der Waals surface area contributed by atoms with Crippen LogP contribution in [-0.4, -0.2) is 33.8 Å².